The molecule has 1 aliphatic rings. The number of rotatable bonds is 6. The van der Waals surface area contributed by atoms with Crippen LogP contribution in [-0.4, -0.2) is 16.0 Å². The summed E-state index contributed by atoms with van der Waals surface area (Å²) in [5.41, 5.74) is 3.62. The highest BCUT2D eigenvalue weighted by Gasteiger charge is 2.22. The van der Waals surface area contributed by atoms with Crippen LogP contribution in [0.2, 0.25) is 0 Å². The predicted molar refractivity (Wildman–Crippen MR) is 151 cm³/mol. The van der Waals surface area contributed by atoms with Crippen LogP contribution in [0.5, 0.6) is 0 Å². The molecule has 0 spiro atoms. The lowest BCUT2D eigenvalue weighted by atomic mass is 10.00. The number of benzene rings is 2. The third kappa shape index (κ3) is 5.78. The number of carboxylic acid groups (broad SMARTS) is 1. The summed E-state index contributed by atoms with van der Waals surface area (Å²) < 4.78 is 20.9. The topological polar surface area (TPSA) is 82.8 Å². The van der Waals surface area contributed by atoms with Crippen molar-refractivity contribution in [1.82, 2.24) is 4.90 Å². The molecule has 0 fully saturated rings. The van der Waals surface area contributed by atoms with Crippen LogP contribution in [0.3, 0.4) is 0 Å². The zero-order valence-corrected chi connectivity index (χ0v) is 22.6. The molecule has 0 aliphatic carbocycles. The molecule has 1 atom stereocenters. The van der Waals surface area contributed by atoms with Crippen molar-refractivity contribution in [2.24, 2.45) is 0 Å². The number of nitrogens with zero attached hydrogens (tertiary/aromatic N) is 1. The number of hydrogen-bond donors (Lipinski definition) is 2. The average molecular weight is 517 g/mol. The summed E-state index contributed by atoms with van der Waals surface area (Å²) in [7, 11) is 0. The molecule has 3 aromatic rings. The maximum absolute atomic E-state index is 14.6. The standard InChI is InChI=1S/C29H27FN2O4.C2H6/c1-16(2)14-32-15-20(11-10-17(32)3)27-18(4)26(33)24-13-21(30)12-23(28(24)36-27)19(5)31-25-9-7-6-8-22(25)29(34)35;1-2/h6-15,19,31H,3H2,1-2,4-5H3,(H,34,35);1-2H3. The summed E-state index contributed by atoms with van der Waals surface area (Å²) in [5, 5.41) is 12.8. The Labute approximate surface area is 222 Å². The minimum absolute atomic E-state index is 0.0835. The second-order valence-electron chi connectivity index (χ2n) is 9.00. The molecule has 6 nitrogen and oxygen atoms in total. The minimum Gasteiger partial charge on any atom is -0.478 e. The summed E-state index contributed by atoms with van der Waals surface area (Å²) in [5.74, 6) is -1.30. The summed E-state index contributed by atoms with van der Waals surface area (Å²) in [6, 6.07) is 8.35. The molecular weight excluding hydrogens is 483 g/mol. The van der Waals surface area contributed by atoms with Gasteiger partial charge in [0.25, 0.3) is 0 Å². The molecule has 38 heavy (non-hydrogen) atoms. The van der Waals surface area contributed by atoms with Crippen LogP contribution in [0, 0.1) is 12.7 Å². The van der Waals surface area contributed by atoms with Crippen LogP contribution in [0.15, 0.2) is 88.0 Å². The maximum Gasteiger partial charge on any atom is 0.337 e. The average Bonchev–Trinajstić information content (AvgIpc) is 2.88. The first kappa shape index (κ1) is 28.2. The molecule has 7 heteroatoms. The molecule has 0 bridgehead atoms. The Bertz CT molecular complexity index is 1540. The van der Waals surface area contributed by atoms with E-state index in [0.29, 0.717) is 28.1 Å². The normalized spacial score (nSPS) is 13.4. The fourth-order valence-corrected chi connectivity index (χ4v) is 4.17. The zero-order valence-electron chi connectivity index (χ0n) is 22.6. The number of anilines is 1. The number of carboxylic acids is 1. The molecule has 0 radical (unpaired) electrons. The van der Waals surface area contributed by atoms with Crippen molar-refractivity contribution in [3.05, 3.63) is 117 Å². The molecular formula is C31H33FN2O4. The Balaban J connectivity index is 0.00000195. The van der Waals surface area contributed by atoms with Crippen molar-refractivity contribution in [2.75, 3.05) is 5.32 Å². The maximum atomic E-state index is 14.6. The number of fused-ring (bicyclic) bond motifs is 1. The van der Waals surface area contributed by atoms with E-state index in [9.17, 15) is 19.1 Å². The smallest absolute Gasteiger partial charge is 0.337 e. The number of carbonyl (C=O) groups is 1. The zero-order chi connectivity index (χ0) is 28.1. The van der Waals surface area contributed by atoms with Crippen LogP contribution in [0.1, 0.15) is 67.9 Å². The largest absolute Gasteiger partial charge is 0.478 e. The van der Waals surface area contributed by atoms with E-state index in [2.05, 4.69) is 11.9 Å². The molecule has 2 aromatic carbocycles. The molecule has 0 amide bonds. The van der Waals surface area contributed by atoms with Gasteiger partial charge in [-0.1, -0.05) is 38.1 Å². The third-order valence-corrected chi connectivity index (χ3v) is 5.93. The molecule has 1 aromatic heterocycles. The molecule has 1 aliphatic heterocycles. The second kappa shape index (κ2) is 11.8. The Kier molecular flexibility index (Phi) is 8.73. The fraction of sp³-hybridized carbons (Fsp3) is 0.226. The van der Waals surface area contributed by atoms with Crippen LogP contribution in [-0.2, 0) is 0 Å². The monoisotopic (exact) mass is 516 g/mol. The van der Waals surface area contributed by atoms with E-state index in [-0.39, 0.29) is 22.0 Å². The third-order valence-electron chi connectivity index (χ3n) is 5.93. The van der Waals surface area contributed by atoms with E-state index in [1.807, 2.05) is 57.1 Å². The lowest BCUT2D eigenvalue weighted by Gasteiger charge is -2.23. The lowest BCUT2D eigenvalue weighted by Crippen LogP contribution is -2.16. The molecule has 0 saturated carbocycles. The van der Waals surface area contributed by atoms with E-state index in [0.717, 1.165) is 11.3 Å². The molecule has 198 valence electrons. The van der Waals surface area contributed by atoms with E-state index >= 15 is 0 Å². The first-order chi connectivity index (χ1) is 18.1. The molecule has 2 heterocycles. The van der Waals surface area contributed by atoms with Crippen LogP contribution in [0.25, 0.3) is 16.5 Å². The van der Waals surface area contributed by atoms with Gasteiger partial charge in [-0.25, -0.2) is 9.18 Å². The van der Waals surface area contributed by atoms with E-state index in [1.54, 1.807) is 32.0 Å². The Hall–Kier alpha value is -4.39. The SMILES string of the molecule is C=C1C=CC(c2oc3c(C(C)Nc4ccccc4C(=O)O)cc(F)cc3c(=O)c2C)=CN1C=C(C)C.CC. The van der Waals surface area contributed by atoms with Gasteiger partial charge in [0.1, 0.15) is 17.2 Å². The number of hydrogen-bond acceptors (Lipinski definition) is 5. The minimum atomic E-state index is -1.09. The number of para-hydroxylation sites is 1. The van der Waals surface area contributed by atoms with Gasteiger partial charge in [0.05, 0.1) is 17.0 Å². The summed E-state index contributed by atoms with van der Waals surface area (Å²) in [6.07, 6.45) is 7.41. The van der Waals surface area contributed by atoms with Crippen molar-refractivity contribution in [1.29, 1.82) is 0 Å². The number of halogens is 1. The second-order valence-corrected chi connectivity index (χ2v) is 9.00. The Morgan fingerprint density at radius 2 is 1.87 bits per heavy atom. The molecule has 2 N–H and O–H groups in total. The van der Waals surface area contributed by atoms with E-state index in [4.69, 9.17) is 4.42 Å². The van der Waals surface area contributed by atoms with Gasteiger partial charge >= 0.3 is 5.97 Å². The van der Waals surface area contributed by atoms with Crippen LogP contribution < -0.4 is 10.7 Å². The van der Waals surface area contributed by atoms with Gasteiger partial charge < -0.3 is 19.7 Å². The van der Waals surface area contributed by atoms with Gasteiger partial charge in [-0.05, 0) is 64.1 Å². The van der Waals surface area contributed by atoms with Crippen molar-refractivity contribution in [2.45, 2.75) is 47.6 Å². The van der Waals surface area contributed by atoms with Crippen molar-refractivity contribution in [3.8, 4) is 0 Å². The first-order valence-electron chi connectivity index (χ1n) is 12.4. The number of nitrogens with one attached hydrogen (secondary N) is 1. The van der Waals surface area contributed by atoms with Crippen molar-refractivity contribution < 1.29 is 18.7 Å². The van der Waals surface area contributed by atoms with E-state index in [1.165, 1.54) is 18.2 Å². The molecule has 0 saturated heterocycles. The van der Waals surface area contributed by atoms with Gasteiger partial charge in [-0.3, -0.25) is 4.79 Å². The van der Waals surface area contributed by atoms with Gasteiger partial charge in [0, 0.05) is 40.5 Å². The van der Waals surface area contributed by atoms with Crippen molar-refractivity contribution >= 4 is 28.2 Å². The van der Waals surface area contributed by atoms with Gasteiger partial charge in [0.15, 0.2) is 5.43 Å². The predicted octanol–water partition coefficient (Wildman–Crippen LogP) is 7.79. The summed E-state index contributed by atoms with van der Waals surface area (Å²) in [6.45, 7) is 15.4. The van der Waals surface area contributed by atoms with Gasteiger partial charge in [0.2, 0.25) is 0 Å². The molecule has 4 rings (SSSR count). The lowest BCUT2D eigenvalue weighted by molar-refractivity contribution is 0.0698. The molecule has 1 unspecified atom stereocenters. The van der Waals surface area contributed by atoms with Crippen LogP contribution in [0.4, 0.5) is 10.1 Å². The quantitative estimate of drug-likeness (QED) is 0.348. The van der Waals surface area contributed by atoms with Crippen LogP contribution >= 0.6 is 0 Å². The van der Waals surface area contributed by atoms with E-state index < -0.39 is 17.8 Å². The highest BCUT2D eigenvalue weighted by atomic mass is 19.1. The first-order valence-corrected chi connectivity index (χ1v) is 12.4. The van der Waals surface area contributed by atoms with Crippen molar-refractivity contribution in [3.63, 3.8) is 0 Å². The van der Waals surface area contributed by atoms with Gasteiger partial charge in [-0.15, -0.1) is 0 Å². The summed E-state index contributed by atoms with van der Waals surface area (Å²) >= 11 is 0. The Morgan fingerprint density at radius 1 is 1.18 bits per heavy atom. The highest BCUT2D eigenvalue weighted by molar-refractivity contribution is 5.94. The van der Waals surface area contributed by atoms with Gasteiger partial charge in [-0.2, -0.15) is 0 Å². The Morgan fingerprint density at radius 3 is 2.53 bits per heavy atom. The number of aromatic carboxylic acids is 1. The highest BCUT2D eigenvalue weighted by Crippen LogP contribution is 2.33. The summed E-state index contributed by atoms with van der Waals surface area (Å²) in [4.78, 5) is 26.8. The number of allylic oxidation sites excluding steroid dienone is 4. The fourth-order valence-electron chi connectivity index (χ4n) is 4.17.